The number of piperidine rings is 2. The summed E-state index contributed by atoms with van der Waals surface area (Å²) in [7, 11) is 0. The zero-order valence-electron chi connectivity index (χ0n) is 15.9. The number of hydrogen-bond donors (Lipinski definition) is 0. The fraction of sp³-hybridized carbons (Fsp3) is 0.600. The minimum Gasteiger partial charge on any atom is -0.338 e. The number of likely N-dealkylation sites (tertiary alicyclic amines) is 2. The van der Waals surface area contributed by atoms with Crippen LogP contribution in [0, 0.1) is 0 Å². The van der Waals surface area contributed by atoms with Crippen molar-refractivity contribution in [1.29, 1.82) is 0 Å². The molecule has 1 saturated carbocycles. The highest BCUT2D eigenvalue weighted by Crippen LogP contribution is 2.41. The Morgan fingerprint density at radius 2 is 1.62 bits per heavy atom. The van der Waals surface area contributed by atoms with Crippen LogP contribution in [0.3, 0.4) is 0 Å². The largest absolute Gasteiger partial charge is 0.433 e. The molecule has 3 fully saturated rings. The van der Waals surface area contributed by atoms with E-state index in [1.165, 1.54) is 15.9 Å². The van der Waals surface area contributed by atoms with Crippen LogP contribution in [0.25, 0.3) is 0 Å². The molecule has 29 heavy (non-hydrogen) atoms. The number of nitrogens with zero attached hydrogens (tertiary/aromatic N) is 3. The summed E-state index contributed by atoms with van der Waals surface area (Å²) in [5.41, 5.74) is -0.718. The van der Waals surface area contributed by atoms with Gasteiger partial charge in [-0.3, -0.25) is 19.3 Å². The molecule has 1 aromatic heterocycles. The molecule has 3 aliphatic rings. The maximum atomic E-state index is 13.2. The van der Waals surface area contributed by atoms with Gasteiger partial charge in [0.15, 0.2) is 0 Å². The van der Waals surface area contributed by atoms with Crippen LogP contribution < -0.4 is 0 Å². The van der Waals surface area contributed by atoms with Crippen LogP contribution in [0.15, 0.2) is 12.1 Å². The highest BCUT2D eigenvalue weighted by atomic mass is 19.4. The molecule has 2 aliphatic heterocycles. The zero-order valence-corrected chi connectivity index (χ0v) is 15.9. The molecule has 0 unspecified atom stereocenters. The third-order valence-electron chi connectivity index (χ3n) is 5.81. The molecule has 6 nitrogen and oxygen atoms in total. The van der Waals surface area contributed by atoms with E-state index in [0.717, 1.165) is 18.9 Å². The lowest BCUT2D eigenvalue weighted by Crippen LogP contribution is -2.52. The van der Waals surface area contributed by atoms with Crippen molar-refractivity contribution in [2.24, 2.45) is 0 Å². The molecule has 1 aliphatic carbocycles. The number of hydrogen-bond acceptors (Lipinski definition) is 4. The van der Waals surface area contributed by atoms with Crippen LogP contribution in [-0.2, 0) is 15.8 Å². The molecule has 0 aromatic carbocycles. The van der Waals surface area contributed by atoms with E-state index in [0.29, 0.717) is 50.9 Å². The fourth-order valence-corrected chi connectivity index (χ4v) is 4.10. The van der Waals surface area contributed by atoms with Crippen molar-refractivity contribution in [3.05, 3.63) is 29.1 Å². The molecule has 1 aromatic rings. The van der Waals surface area contributed by atoms with Gasteiger partial charge in [0.25, 0.3) is 5.91 Å². The molecule has 0 atom stereocenters. The van der Waals surface area contributed by atoms with Gasteiger partial charge >= 0.3 is 6.18 Å². The molecule has 9 heteroatoms. The predicted molar refractivity (Wildman–Crippen MR) is 95.8 cm³/mol. The smallest absolute Gasteiger partial charge is 0.338 e. The van der Waals surface area contributed by atoms with E-state index in [-0.39, 0.29) is 29.3 Å². The van der Waals surface area contributed by atoms with Crippen molar-refractivity contribution in [3.63, 3.8) is 0 Å². The van der Waals surface area contributed by atoms with Gasteiger partial charge in [0, 0.05) is 49.1 Å². The van der Waals surface area contributed by atoms with E-state index in [1.54, 1.807) is 0 Å². The average molecular weight is 409 g/mol. The Hall–Kier alpha value is -2.45. The molecule has 3 amide bonds. The number of carbonyl (C=O) groups is 3. The number of imide groups is 1. The Bertz CT molecular complexity index is 827. The summed E-state index contributed by atoms with van der Waals surface area (Å²) in [5.74, 6) is -0.826. The van der Waals surface area contributed by atoms with Gasteiger partial charge in [0.1, 0.15) is 5.69 Å². The van der Waals surface area contributed by atoms with E-state index in [2.05, 4.69) is 4.98 Å². The maximum absolute atomic E-state index is 13.2. The first-order valence-corrected chi connectivity index (χ1v) is 9.97. The quantitative estimate of drug-likeness (QED) is 0.720. The monoisotopic (exact) mass is 409 g/mol. The summed E-state index contributed by atoms with van der Waals surface area (Å²) < 4.78 is 39.6. The Balaban J connectivity index is 1.48. The Labute approximate surface area is 166 Å². The first-order valence-electron chi connectivity index (χ1n) is 9.97. The molecular weight excluding hydrogens is 387 g/mol. The zero-order chi connectivity index (χ0) is 20.8. The number of amides is 3. The highest BCUT2D eigenvalue weighted by molar-refractivity contribution is 5.98. The standard InChI is InChI=1S/C20H22F3N3O3/c21-20(22,23)16-11-13(10-15(24-16)12-4-5-12)19(29)25-8-6-14(7-9-25)26-17(27)2-1-3-18(26)28/h10-12,14H,1-9H2. The van der Waals surface area contributed by atoms with E-state index < -0.39 is 17.8 Å². The Morgan fingerprint density at radius 1 is 1.00 bits per heavy atom. The second-order valence-electron chi connectivity index (χ2n) is 7.97. The number of carbonyl (C=O) groups excluding carboxylic acids is 3. The van der Waals surface area contributed by atoms with Gasteiger partial charge in [-0.1, -0.05) is 0 Å². The average Bonchev–Trinajstić information content (AvgIpc) is 3.52. The van der Waals surface area contributed by atoms with Crippen LogP contribution >= 0.6 is 0 Å². The van der Waals surface area contributed by atoms with Crippen molar-refractivity contribution in [2.75, 3.05) is 13.1 Å². The van der Waals surface area contributed by atoms with Crippen LogP contribution in [0.2, 0.25) is 0 Å². The van der Waals surface area contributed by atoms with E-state index in [1.807, 2.05) is 0 Å². The molecular formula is C20H22F3N3O3. The van der Waals surface area contributed by atoms with Crippen LogP contribution in [0.4, 0.5) is 13.2 Å². The van der Waals surface area contributed by atoms with Crippen LogP contribution in [0.1, 0.15) is 72.6 Å². The summed E-state index contributed by atoms with van der Waals surface area (Å²) in [6.07, 6.45) is -0.888. The normalized spacial score (nSPS) is 21.6. The SMILES string of the molecule is O=C(c1cc(C2CC2)nc(C(F)(F)F)c1)N1CCC(N2C(=O)CCCC2=O)CC1. The Kier molecular flexibility index (Phi) is 5.08. The second kappa shape index (κ2) is 7.42. The number of rotatable bonds is 3. The molecule has 0 radical (unpaired) electrons. The second-order valence-corrected chi connectivity index (χ2v) is 7.97. The van der Waals surface area contributed by atoms with Gasteiger partial charge in [0.05, 0.1) is 0 Å². The molecule has 0 bridgehead atoms. The summed E-state index contributed by atoms with van der Waals surface area (Å²) in [6, 6.07) is 2.04. The third-order valence-corrected chi connectivity index (χ3v) is 5.81. The summed E-state index contributed by atoms with van der Waals surface area (Å²) in [4.78, 5) is 43.6. The topological polar surface area (TPSA) is 70.6 Å². The maximum Gasteiger partial charge on any atom is 0.433 e. The lowest BCUT2D eigenvalue weighted by atomic mass is 9.98. The summed E-state index contributed by atoms with van der Waals surface area (Å²) in [6.45, 7) is 0.589. The van der Waals surface area contributed by atoms with Gasteiger partial charge < -0.3 is 4.90 Å². The number of aromatic nitrogens is 1. The molecule has 3 heterocycles. The predicted octanol–water partition coefficient (Wildman–Crippen LogP) is 3.12. The Morgan fingerprint density at radius 3 is 2.17 bits per heavy atom. The van der Waals surface area contributed by atoms with Crippen LogP contribution in [0.5, 0.6) is 0 Å². The van der Waals surface area contributed by atoms with E-state index >= 15 is 0 Å². The first-order chi connectivity index (χ1) is 13.7. The fourth-order valence-electron chi connectivity index (χ4n) is 4.10. The lowest BCUT2D eigenvalue weighted by molar-refractivity contribution is -0.151. The third kappa shape index (κ3) is 4.13. The van der Waals surface area contributed by atoms with Crippen molar-refractivity contribution >= 4 is 17.7 Å². The first kappa shape index (κ1) is 19.8. The van der Waals surface area contributed by atoms with Gasteiger partial charge in [-0.15, -0.1) is 0 Å². The van der Waals surface area contributed by atoms with Gasteiger partial charge in [0.2, 0.25) is 11.8 Å². The van der Waals surface area contributed by atoms with Gasteiger partial charge in [-0.2, -0.15) is 13.2 Å². The van der Waals surface area contributed by atoms with Crippen molar-refractivity contribution < 1.29 is 27.6 Å². The number of halogens is 3. The van der Waals surface area contributed by atoms with Gasteiger partial charge in [-0.05, 0) is 44.2 Å². The van der Waals surface area contributed by atoms with Crippen molar-refractivity contribution in [2.45, 2.75) is 63.1 Å². The van der Waals surface area contributed by atoms with Gasteiger partial charge in [-0.25, -0.2) is 4.98 Å². The molecule has 4 rings (SSSR count). The molecule has 2 saturated heterocycles. The number of alkyl halides is 3. The molecule has 0 spiro atoms. The van der Waals surface area contributed by atoms with Crippen molar-refractivity contribution in [1.82, 2.24) is 14.8 Å². The summed E-state index contributed by atoms with van der Waals surface area (Å²) in [5, 5.41) is 0. The van der Waals surface area contributed by atoms with E-state index in [9.17, 15) is 27.6 Å². The van der Waals surface area contributed by atoms with Crippen LogP contribution in [-0.4, -0.2) is 51.6 Å². The molecule has 0 N–H and O–H groups in total. The summed E-state index contributed by atoms with van der Waals surface area (Å²) >= 11 is 0. The molecule has 156 valence electrons. The lowest BCUT2D eigenvalue weighted by Gasteiger charge is -2.39. The minimum atomic E-state index is -4.61. The highest BCUT2D eigenvalue weighted by Gasteiger charge is 2.38. The number of pyridine rings is 1. The minimum absolute atomic E-state index is 0.00204. The van der Waals surface area contributed by atoms with Crippen molar-refractivity contribution in [3.8, 4) is 0 Å². The van der Waals surface area contributed by atoms with E-state index in [4.69, 9.17) is 0 Å².